The van der Waals surface area contributed by atoms with E-state index in [2.05, 4.69) is 5.32 Å². The minimum Gasteiger partial charge on any atom is -0.496 e. The summed E-state index contributed by atoms with van der Waals surface area (Å²) in [6.07, 6.45) is 5.87. The molecule has 0 bridgehead atoms. The third-order valence-corrected chi connectivity index (χ3v) is 4.49. The Bertz CT molecular complexity index is 827. The molecule has 1 fully saturated rings. The van der Waals surface area contributed by atoms with Crippen LogP contribution in [0.1, 0.15) is 31.2 Å². The Hall–Kier alpha value is -2.80. The molecule has 1 aliphatic carbocycles. The fraction of sp³-hybridized carbons (Fsp3) is 0.300. The van der Waals surface area contributed by atoms with E-state index in [-0.39, 0.29) is 17.5 Å². The molecule has 2 aromatic carbocycles. The number of amides is 1. The summed E-state index contributed by atoms with van der Waals surface area (Å²) in [4.78, 5) is 12.4. The van der Waals surface area contributed by atoms with Crippen LogP contribution in [-0.2, 0) is 4.79 Å². The number of nitrogens with one attached hydrogen (secondary N) is 1. The summed E-state index contributed by atoms with van der Waals surface area (Å²) in [6.45, 7) is 0. The number of methoxy groups -OCH3 is 1. The molecule has 1 saturated carbocycles. The first-order chi connectivity index (χ1) is 11.7. The fourth-order valence-electron chi connectivity index (χ4n) is 3.23. The van der Waals surface area contributed by atoms with Crippen LogP contribution >= 0.6 is 0 Å². The van der Waals surface area contributed by atoms with Crippen LogP contribution < -0.4 is 10.1 Å². The first kappa shape index (κ1) is 16.1. The quantitative estimate of drug-likeness (QED) is 0.688. The molecular formula is C20H20N2O2. The van der Waals surface area contributed by atoms with Gasteiger partial charge in [-0.1, -0.05) is 43.2 Å². The maximum Gasteiger partial charge on any atom is 0.262 e. The molecule has 0 heterocycles. The lowest BCUT2D eigenvalue weighted by Gasteiger charge is -2.12. The number of carbonyl (C=O) groups is 1. The predicted octanol–water partition coefficient (Wildman–Crippen LogP) is 3.81. The van der Waals surface area contributed by atoms with Crippen LogP contribution in [0.15, 0.2) is 42.0 Å². The van der Waals surface area contributed by atoms with Crippen LogP contribution in [0.25, 0.3) is 16.8 Å². The van der Waals surface area contributed by atoms with Crippen LogP contribution in [0.2, 0.25) is 0 Å². The molecule has 4 heteroatoms. The van der Waals surface area contributed by atoms with Crippen molar-refractivity contribution in [3.05, 3.63) is 47.5 Å². The van der Waals surface area contributed by atoms with Crippen molar-refractivity contribution in [2.24, 2.45) is 0 Å². The molecule has 0 unspecified atom stereocenters. The lowest BCUT2D eigenvalue weighted by Crippen LogP contribution is -2.33. The standard InChI is InChI=1S/C20H20N2O2/c1-24-19-11-10-14-6-2-5-9-17(14)18(19)12-15(13-21)20(23)22-16-7-3-4-8-16/h2,5-6,9-12,16H,3-4,7-8H2,1H3,(H,22,23)/b15-12+. The Morgan fingerprint density at radius 3 is 2.71 bits per heavy atom. The number of nitriles is 1. The van der Waals surface area contributed by atoms with Crippen molar-refractivity contribution in [3.8, 4) is 11.8 Å². The molecule has 3 rings (SSSR count). The van der Waals surface area contributed by atoms with Gasteiger partial charge in [-0.15, -0.1) is 0 Å². The van der Waals surface area contributed by atoms with Gasteiger partial charge >= 0.3 is 0 Å². The summed E-state index contributed by atoms with van der Waals surface area (Å²) in [5.74, 6) is 0.342. The number of nitrogens with zero attached hydrogens (tertiary/aromatic N) is 1. The van der Waals surface area contributed by atoms with Gasteiger partial charge in [0.15, 0.2) is 0 Å². The smallest absolute Gasteiger partial charge is 0.262 e. The molecule has 0 atom stereocenters. The monoisotopic (exact) mass is 320 g/mol. The summed E-state index contributed by atoms with van der Waals surface area (Å²) in [5.41, 5.74) is 0.866. The van der Waals surface area contributed by atoms with E-state index in [1.807, 2.05) is 42.5 Å². The van der Waals surface area contributed by atoms with E-state index in [1.54, 1.807) is 13.2 Å². The van der Waals surface area contributed by atoms with Gasteiger partial charge in [0, 0.05) is 11.6 Å². The molecule has 24 heavy (non-hydrogen) atoms. The van der Waals surface area contributed by atoms with Gasteiger partial charge in [-0.3, -0.25) is 4.79 Å². The molecule has 4 nitrogen and oxygen atoms in total. The van der Waals surface area contributed by atoms with Gasteiger partial charge in [0.1, 0.15) is 17.4 Å². The second-order valence-corrected chi connectivity index (χ2v) is 6.03. The molecule has 0 aliphatic heterocycles. The maximum atomic E-state index is 12.4. The Morgan fingerprint density at radius 2 is 2.00 bits per heavy atom. The highest BCUT2D eigenvalue weighted by Gasteiger charge is 2.20. The number of benzene rings is 2. The molecule has 1 N–H and O–H groups in total. The van der Waals surface area contributed by atoms with Gasteiger partial charge in [0.2, 0.25) is 0 Å². The zero-order valence-electron chi connectivity index (χ0n) is 13.7. The highest BCUT2D eigenvalue weighted by atomic mass is 16.5. The fourth-order valence-corrected chi connectivity index (χ4v) is 3.23. The van der Waals surface area contributed by atoms with Gasteiger partial charge in [-0.25, -0.2) is 0 Å². The van der Waals surface area contributed by atoms with E-state index in [9.17, 15) is 10.1 Å². The largest absolute Gasteiger partial charge is 0.496 e. The Labute approximate surface area is 141 Å². The first-order valence-electron chi connectivity index (χ1n) is 8.21. The average Bonchev–Trinajstić information content (AvgIpc) is 3.12. The number of hydrogen-bond acceptors (Lipinski definition) is 3. The number of hydrogen-bond donors (Lipinski definition) is 1. The van der Waals surface area contributed by atoms with Gasteiger partial charge in [0.05, 0.1) is 7.11 Å². The van der Waals surface area contributed by atoms with Gasteiger partial charge in [0.25, 0.3) is 5.91 Å². The highest BCUT2D eigenvalue weighted by molar-refractivity contribution is 6.05. The van der Waals surface area contributed by atoms with E-state index in [4.69, 9.17) is 4.74 Å². The zero-order chi connectivity index (χ0) is 16.9. The van der Waals surface area contributed by atoms with E-state index in [0.29, 0.717) is 5.75 Å². The van der Waals surface area contributed by atoms with Crippen LogP contribution in [0.4, 0.5) is 0 Å². The summed E-state index contributed by atoms with van der Waals surface area (Å²) >= 11 is 0. The third kappa shape index (κ3) is 3.26. The van der Waals surface area contributed by atoms with Crippen molar-refractivity contribution in [2.75, 3.05) is 7.11 Å². The van der Waals surface area contributed by atoms with E-state index >= 15 is 0 Å². The summed E-state index contributed by atoms with van der Waals surface area (Å²) in [6, 6.07) is 13.9. The van der Waals surface area contributed by atoms with E-state index in [0.717, 1.165) is 42.0 Å². The molecule has 0 spiro atoms. The number of rotatable bonds is 4. The van der Waals surface area contributed by atoms with Crippen molar-refractivity contribution in [1.82, 2.24) is 5.32 Å². The van der Waals surface area contributed by atoms with Gasteiger partial charge in [-0.2, -0.15) is 5.26 Å². The Balaban J connectivity index is 1.99. The lowest BCUT2D eigenvalue weighted by molar-refractivity contribution is -0.117. The maximum absolute atomic E-state index is 12.4. The predicted molar refractivity (Wildman–Crippen MR) is 94.5 cm³/mol. The number of fused-ring (bicyclic) bond motifs is 1. The normalized spacial score (nSPS) is 15.2. The molecule has 2 aromatic rings. The molecular weight excluding hydrogens is 300 g/mol. The SMILES string of the molecule is COc1ccc2ccccc2c1/C=C(\C#N)C(=O)NC1CCCC1. The lowest BCUT2D eigenvalue weighted by atomic mass is 10.0. The minimum atomic E-state index is -0.306. The third-order valence-electron chi connectivity index (χ3n) is 4.49. The summed E-state index contributed by atoms with van der Waals surface area (Å²) < 4.78 is 5.43. The molecule has 1 amide bonds. The van der Waals surface area contributed by atoms with Gasteiger partial charge in [-0.05, 0) is 35.8 Å². The first-order valence-corrected chi connectivity index (χ1v) is 8.21. The number of ether oxygens (including phenoxy) is 1. The van der Waals surface area contributed by atoms with E-state index < -0.39 is 0 Å². The van der Waals surface area contributed by atoms with Crippen LogP contribution in [-0.4, -0.2) is 19.1 Å². The van der Waals surface area contributed by atoms with Crippen LogP contribution in [0, 0.1) is 11.3 Å². The van der Waals surface area contributed by atoms with Crippen LogP contribution in [0.5, 0.6) is 5.75 Å². The van der Waals surface area contributed by atoms with Crippen molar-refractivity contribution < 1.29 is 9.53 Å². The summed E-state index contributed by atoms with van der Waals surface area (Å²) in [7, 11) is 1.59. The second kappa shape index (κ2) is 7.18. The molecule has 0 radical (unpaired) electrons. The highest BCUT2D eigenvalue weighted by Crippen LogP contribution is 2.30. The van der Waals surface area contributed by atoms with Crippen molar-refractivity contribution in [2.45, 2.75) is 31.7 Å². The Kier molecular flexibility index (Phi) is 4.81. The van der Waals surface area contributed by atoms with Crippen molar-refractivity contribution in [3.63, 3.8) is 0 Å². The second-order valence-electron chi connectivity index (χ2n) is 6.03. The minimum absolute atomic E-state index is 0.108. The molecule has 0 saturated heterocycles. The van der Waals surface area contributed by atoms with E-state index in [1.165, 1.54) is 0 Å². The zero-order valence-corrected chi connectivity index (χ0v) is 13.7. The molecule has 0 aromatic heterocycles. The van der Waals surface area contributed by atoms with Crippen molar-refractivity contribution in [1.29, 1.82) is 5.26 Å². The molecule has 122 valence electrons. The Morgan fingerprint density at radius 1 is 1.25 bits per heavy atom. The van der Waals surface area contributed by atoms with Crippen LogP contribution in [0.3, 0.4) is 0 Å². The topological polar surface area (TPSA) is 62.1 Å². The average molecular weight is 320 g/mol. The van der Waals surface area contributed by atoms with Gasteiger partial charge < -0.3 is 10.1 Å². The number of carbonyl (C=O) groups excluding carboxylic acids is 1. The van der Waals surface area contributed by atoms with Crippen molar-refractivity contribution >= 4 is 22.8 Å². The molecule has 1 aliphatic rings. The summed E-state index contributed by atoms with van der Waals surface area (Å²) in [5, 5.41) is 14.4.